The number of rotatable bonds is 6. The minimum atomic E-state index is -0.561. The highest BCUT2D eigenvalue weighted by Gasteiger charge is 2.25. The molecule has 11 rings (SSSR count). The molecule has 8 aromatic carbocycles. The van der Waals surface area contributed by atoms with Crippen molar-refractivity contribution in [1.29, 1.82) is 0 Å². The number of hydrogen-bond acceptors (Lipinski definition) is 3. The van der Waals surface area contributed by atoms with Crippen LogP contribution < -0.4 is 5.32 Å². The summed E-state index contributed by atoms with van der Waals surface area (Å²) in [6.45, 7) is 0. The van der Waals surface area contributed by atoms with E-state index < -0.39 is 6.29 Å². The molecule has 3 heterocycles. The maximum atomic E-state index is 5.40. The second-order valence-corrected chi connectivity index (χ2v) is 14.3. The Kier molecular flexibility index (Phi) is 7.49. The van der Waals surface area contributed by atoms with E-state index in [1.807, 2.05) is 12.1 Å². The van der Waals surface area contributed by atoms with Crippen molar-refractivity contribution in [2.45, 2.75) is 6.29 Å². The van der Waals surface area contributed by atoms with Crippen LogP contribution in [0.15, 0.2) is 210 Å². The lowest BCUT2D eigenvalue weighted by Crippen LogP contribution is -2.36. The van der Waals surface area contributed by atoms with E-state index >= 15 is 0 Å². The second-order valence-electron chi connectivity index (χ2n) is 14.3. The molecule has 0 bridgehead atoms. The van der Waals surface area contributed by atoms with Crippen LogP contribution in [0, 0.1) is 0 Å². The molecule has 0 amide bonds. The maximum absolute atomic E-state index is 5.40. The van der Waals surface area contributed by atoms with E-state index in [0.717, 1.165) is 50.6 Å². The van der Waals surface area contributed by atoms with Crippen LogP contribution in [0.5, 0.6) is 0 Å². The van der Waals surface area contributed by atoms with Crippen molar-refractivity contribution in [2.24, 2.45) is 9.98 Å². The molecular formula is C51H35N5. The summed E-state index contributed by atoms with van der Waals surface area (Å²) in [7, 11) is 0. The van der Waals surface area contributed by atoms with Crippen LogP contribution in [0.1, 0.15) is 17.4 Å². The smallest absolute Gasteiger partial charge is 0.224 e. The lowest BCUT2D eigenvalue weighted by molar-refractivity contribution is 0.575. The SMILES string of the molecule is c1ccc(C2=NC(n3c4ccccc4c4cc5c6ccccc6n(-c6cccc(-c7ccccc7)c6)c5cc43)N=C(c3ccc(-c4ccccc4)cc3)N2)cc1. The normalized spacial score (nSPS) is 14.2. The number of fused-ring (bicyclic) bond motifs is 6. The van der Waals surface area contributed by atoms with E-state index in [2.05, 4.69) is 203 Å². The summed E-state index contributed by atoms with van der Waals surface area (Å²) in [4.78, 5) is 10.8. The van der Waals surface area contributed by atoms with Gasteiger partial charge in [0.05, 0.1) is 22.1 Å². The van der Waals surface area contributed by atoms with E-state index in [1.54, 1.807) is 0 Å². The molecule has 0 saturated carbocycles. The van der Waals surface area contributed by atoms with E-state index in [-0.39, 0.29) is 0 Å². The molecule has 5 nitrogen and oxygen atoms in total. The highest BCUT2D eigenvalue weighted by Crippen LogP contribution is 2.41. The standard InChI is InChI=1S/C51H35N5/c1-4-15-34(16-5-1)36-27-29-38(30-28-36)50-52-49(37-19-8-3-9-20-37)53-51(54-50)56-46-26-13-11-24-42(46)44-32-43-41-23-10-12-25-45(41)55(47(43)33-48(44)56)40-22-14-21-39(31-40)35-17-6-2-7-18-35/h1-33,51H,(H,52,53,54). The molecule has 56 heavy (non-hydrogen) atoms. The van der Waals surface area contributed by atoms with Crippen LogP contribution in [-0.2, 0) is 0 Å². The first-order valence-electron chi connectivity index (χ1n) is 19.0. The summed E-state index contributed by atoms with van der Waals surface area (Å²) in [5.41, 5.74) is 12.3. The summed E-state index contributed by atoms with van der Waals surface area (Å²) in [6.07, 6.45) is -0.561. The van der Waals surface area contributed by atoms with Gasteiger partial charge in [-0.3, -0.25) is 4.57 Å². The highest BCUT2D eigenvalue weighted by molar-refractivity contribution is 6.19. The molecule has 1 atom stereocenters. The molecule has 1 aliphatic heterocycles. The predicted molar refractivity (Wildman–Crippen MR) is 233 cm³/mol. The first-order chi connectivity index (χ1) is 27.8. The van der Waals surface area contributed by atoms with Gasteiger partial charge in [0.15, 0.2) is 0 Å². The Morgan fingerprint density at radius 2 is 0.821 bits per heavy atom. The average Bonchev–Trinajstić information content (AvgIpc) is 3.78. The van der Waals surface area contributed by atoms with E-state index in [1.165, 1.54) is 43.8 Å². The number of aromatic nitrogens is 2. The molecule has 0 radical (unpaired) electrons. The highest BCUT2D eigenvalue weighted by atomic mass is 15.3. The lowest BCUT2D eigenvalue weighted by atomic mass is 10.0. The monoisotopic (exact) mass is 717 g/mol. The molecule has 1 aliphatic rings. The van der Waals surface area contributed by atoms with Crippen LogP contribution in [0.4, 0.5) is 0 Å². The average molecular weight is 718 g/mol. The fraction of sp³-hybridized carbons (Fsp3) is 0.0196. The van der Waals surface area contributed by atoms with Crippen molar-refractivity contribution in [3.63, 3.8) is 0 Å². The van der Waals surface area contributed by atoms with Crippen LogP contribution in [-0.4, -0.2) is 20.8 Å². The van der Waals surface area contributed by atoms with E-state index in [9.17, 15) is 0 Å². The Morgan fingerprint density at radius 1 is 0.339 bits per heavy atom. The van der Waals surface area contributed by atoms with Gasteiger partial charge in [0, 0.05) is 38.4 Å². The van der Waals surface area contributed by atoms with Gasteiger partial charge in [-0.2, -0.15) is 0 Å². The van der Waals surface area contributed by atoms with Crippen molar-refractivity contribution < 1.29 is 0 Å². The third kappa shape index (κ3) is 5.32. The van der Waals surface area contributed by atoms with Gasteiger partial charge in [-0.15, -0.1) is 0 Å². The molecule has 1 N–H and O–H groups in total. The first-order valence-corrected chi connectivity index (χ1v) is 19.0. The Bertz CT molecular complexity index is 3140. The number of hydrogen-bond donors (Lipinski definition) is 1. The van der Waals surface area contributed by atoms with Crippen LogP contribution in [0.2, 0.25) is 0 Å². The fourth-order valence-corrected chi connectivity index (χ4v) is 8.34. The first kappa shape index (κ1) is 32.0. The van der Waals surface area contributed by atoms with Crippen molar-refractivity contribution >= 4 is 55.3 Å². The zero-order valence-electron chi connectivity index (χ0n) is 30.4. The molecule has 1 unspecified atom stereocenters. The number of aliphatic imine (C=N–C) groups is 2. The third-order valence-corrected chi connectivity index (χ3v) is 11.0. The van der Waals surface area contributed by atoms with Gasteiger partial charge in [0.2, 0.25) is 6.29 Å². The van der Waals surface area contributed by atoms with Crippen molar-refractivity contribution in [2.75, 3.05) is 0 Å². The zero-order valence-corrected chi connectivity index (χ0v) is 30.4. The molecule has 0 spiro atoms. The van der Waals surface area contributed by atoms with Crippen LogP contribution in [0.25, 0.3) is 71.6 Å². The predicted octanol–water partition coefficient (Wildman–Crippen LogP) is 12.2. The molecule has 2 aromatic heterocycles. The summed E-state index contributed by atoms with van der Waals surface area (Å²) >= 11 is 0. The van der Waals surface area contributed by atoms with Gasteiger partial charge in [0.1, 0.15) is 11.7 Å². The van der Waals surface area contributed by atoms with Gasteiger partial charge in [-0.05, 0) is 58.7 Å². The third-order valence-electron chi connectivity index (χ3n) is 11.0. The van der Waals surface area contributed by atoms with Gasteiger partial charge < -0.3 is 9.88 Å². The number of amidine groups is 2. The number of para-hydroxylation sites is 2. The molecular weight excluding hydrogens is 683 g/mol. The van der Waals surface area contributed by atoms with Crippen molar-refractivity contribution in [3.05, 3.63) is 211 Å². The molecule has 0 fully saturated rings. The summed E-state index contributed by atoms with van der Waals surface area (Å²) in [6, 6.07) is 71.0. The summed E-state index contributed by atoms with van der Waals surface area (Å²) in [5, 5.41) is 8.39. The molecule has 5 heteroatoms. The van der Waals surface area contributed by atoms with Gasteiger partial charge >= 0.3 is 0 Å². The van der Waals surface area contributed by atoms with E-state index in [4.69, 9.17) is 9.98 Å². The van der Waals surface area contributed by atoms with Crippen molar-refractivity contribution in [3.8, 4) is 27.9 Å². The minimum absolute atomic E-state index is 0.561. The number of benzene rings is 8. The fourth-order valence-electron chi connectivity index (χ4n) is 8.34. The number of nitrogens with one attached hydrogen (secondary N) is 1. The summed E-state index contributed by atoms with van der Waals surface area (Å²) in [5.74, 6) is 1.56. The number of nitrogens with zero attached hydrogens (tertiary/aromatic N) is 4. The minimum Gasteiger partial charge on any atom is -0.324 e. The maximum Gasteiger partial charge on any atom is 0.224 e. The Hall–Kier alpha value is -7.50. The lowest BCUT2D eigenvalue weighted by Gasteiger charge is -2.24. The van der Waals surface area contributed by atoms with Crippen LogP contribution in [0.3, 0.4) is 0 Å². The Morgan fingerprint density at radius 3 is 1.50 bits per heavy atom. The molecule has 0 saturated heterocycles. The summed E-state index contributed by atoms with van der Waals surface area (Å²) < 4.78 is 4.72. The topological polar surface area (TPSA) is 46.6 Å². The van der Waals surface area contributed by atoms with Crippen molar-refractivity contribution in [1.82, 2.24) is 14.5 Å². The zero-order chi connectivity index (χ0) is 37.0. The largest absolute Gasteiger partial charge is 0.324 e. The second kappa shape index (κ2) is 13.1. The van der Waals surface area contributed by atoms with Gasteiger partial charge in [0.25, 0.3) is 0 Å². The Balaban J connectivity index is 1.14. The quantitative estimate of drug-likeness (QED) is 0.183. The molecule has 0 aliphatic carbocycles. The van der Waals surface area contributed by atoms with Gasteiger partial charge in [-0.25, -0.2) is 9.98 Å². The van der Waals surface area contributed by atoms with Crippen LogP contribution >= 0.6 is 0 Å². The molecule has 264 valence electrons. The van der Waals surface area contributed by atoms with Gasteiger partial charge in [-0.1, -0.05) is 164 Å². The Labute approximate surface area is 324 Å². The molecule has 10 aromatic rings. The van der Waals surface area contributed by atoms with E-state index in [0.29, 0.717) is 0 Å².